The number of aliphatic hydroxyl groups excluding tert-OH is 1. The van der Waals surface area contributed by atoms with Gasteiger partial charge in [0.2, 0.25) is 8.13 Å². The molecule has 1 nitrogen and oxygen atoms in total. The molecule has 0 heterocycles. The molecule has 1 unspecified atom stereocenters. The van der Waals surface area contributed by atoms with Gasteiger partial charge in [0, 0.05) is 5.57 Å². The third-order valence-corrected chi connectivity index (χ3v) is 6.96. The molecule has 0 saturated carbocycles. The molecule has 0 radical (unpaired) electrons. The van der Waals surface area contributed by atoms with Crippen molar-refractivity contribution < 1.29 is 5.11 Å². The van der Waals surface area contributed by atoms with Gasteiger partial charge in [0.25, 0.3) is 0 Å². The lowest BCUT2D eigenvalue weighted by molar-refractivity contribution is 0.213. The number of aliphatic hydroxyl groups is 1. The van der Waals surface area contributed by atoms with Crippen LogP contribution in [0.1, 0.15) is 17.2 Å². The van der Waals surface area contributed by atoms with Crippen molar-refractivity contribution >= 4 is 87.3 Å². The standard InChI is InChI=1S/C12H7Cl7O/c13-10(14,11(15,16)12(17,18)19)8-5-6-3-1-2-4-7(6)9(8)20/h1-5,9,20H. The lowest BCUT2D eigenvalue weighted by Crippen LogP contribution is -2.48. The van der Waals surface area contributed by atoms with E-state index in [0.717, 1.165) is 5.56 Å². The predicted octanol–water partition coefficient (Wildman–Crippen LogP) is 5.84. The van der Waals surface area contributed by atoms with E-state index in [-0.39, 0.29) is 5.57 Å². The minimum absolute atomic E-state index is 0.151. The quantitative estimate of drug-likeness (QED) is 0.602. The summed E-state index contributed by atoms with van der Waals surface area (Å²) in [6.45, 7) is 0. The highest BCUT2D eigenvalue weighted by Gasteiger charge is 2.62. The van der Waals surface area contributed by atoms with Crippen LogP contribution in [0.25, 0.3) is 6.08 Å². The van der Waals surface area contributed by atoms with E-state index in [2.05, 4.69) is 0 Å². The number of hydrogen-bond donors (Lipinski definition) is 1. The monoisotopic (exact) mass is 412 g/mol. The van der Waals surface area contributed by atoms with Crippen LogP contribution in [0.2, 0.25) is 0 Å². The van der Waals surface area contributed by atoms with Gasteiger partial charge >= 0.3 is 0 Å². The molecule has 1 aromatic carbocycles. The minimum Gasteiger partial charge on any atom is -0.384 e. The molecular weight excluding hydrogens is 408 g/mol. The van der Waals surface area contributed by atoms with Crippen molar-refractivity contribution in [3.05, 3.63) is 41.0 Å². The van der Waals surface area contributed by atoms with E-state index in [1.807, 2.05) is 0 Å². The Labute approximate surface area is 151 Å². The van der Waals surface area contributed by atoms with E-state index < -0.39 is 18.6 Å². The van der Waals surface area contributed by atoms with Gasteiger partial charge in [-0.25, -0.2) is 0 Å². The summed E-state index contributed by atoms with van der Waals surface area (Å²) in [5, 5.41) is 10.3. The molecule has 1 N–H and O–H groups in total. The van der Waals surface area contributed by atoms with Gasteiger partial charge in [0.1, 0.15) is 6.10 Å². The molecule has 1 aliphatic carbocycles. The molecule has 110 valence electrons. The van der Waals surface area contributed by atoms with Gasteiger partial charge in [0.15, 0.2) is 4.33 Å². The van der Waals surface area contributed by atoms with E-state index in [0.29, 0.717) is 5.56 Å². The maximum atomic E-state index is 10.3. The fourth-order valence-corrected chi connectivity index (χ4v) is 3.46. The summed E-state index contributed by atoms with van der Waals surface area (Å²) in [4.78, 5) is 0. The molecule has 0 saturated heterocycles. The van der Waals surface area contributed by atoms with Crippen molar-refractivity contribution in [3.63, 3.8) is 0 Å². The number of benzene rings is 1. The molecule has 2 rings (SSSR count). The Balaban J connectivity index is 2.48. The first-order chi connectivity index (χ1) is 9.00. The second-order valence-electron chi connectivity index (χ2n) is 4.28. The Morgan fingerprint density at radius 3 is 1.95 bits per heavy atom. The lowest BCUT2D eigenvalue weighted by Gasteiger charge is -2.39. The smallest absolute Gasteiger partial charge is 0.226 e. The Morgan fingerprint density at radius 1 is 0.900 bits per heavy atom. The van der Waals surface area contributed by atoms with E-state index in [9.17, 15) is 5.11 Å². The van der Waals surface area contributed by atoms with Gasteiger partial charge in [-0.05, 0) is 17.2 Å². The van der Waals surface area contributed by atoms with E-state index in [4.69, 9.17) is 81.2 Å². The highest BCUT2D eigenvalue weighted by atomic mass is 35.6. The van der Waals surface area contributed by atoms with Gasteiger partial charge in [-0.1, -0.05) is 105 Å². The van der Waals surface area contributed by atoms with Crippen LogP contribution in [0.3, 0.4) is 0 Å². The SMILES string of the molecule is OC1C(C(Cl)(Cl)C(Cl)(Cl)C(Cl)(Cl)Cl)=Cc2ccccc21. The Hall–Kier alpha value is 0.950. The Kier molecular flexibility index (Phi) is 4.80. The number of alkyl halides is 7. The zero-order valence-corrected chi connectivity index (χ0v) is 14.8. The van der Waals surface area contributed by atoms with Gasteiger partial charge in [0.05, 0.1) is 0 Å². The lowest BCUT2D eigenvalue weighted by atomic mass is 10.0. The van der Waals surface area contributed by atoms with Crippen molar-refractivity contribution in [2.75, 3.05) is 0 Å². The molecule has 0 bridgehead atoms. The fourth-order valence-electron chi connectivity index (χ4n) is 1.93. The van der Waals surface area contributed by atoms with Crippen LogP contribution in [0.4, 0.5) is 0 Å². The molecule has 0 amide bonds. The molecule has 1 atom stereocenters. The first-order valence-electron chi connectivity index (χ1n) is 5.31. The summed E-state index contributed by atoms with van der Waals surface area (Å²) in [5.41, 5.74) is 1.52. The first kappa shape index (κ1) is 17.3. The summed E-state index contributed by atoms with van der Waals surface area (Å²) < 4.78 is -6.32. The molecule has 0 aromatic heterocycles. The van der Waals surface area contributed by atoms with Crippen LogP contribution in [0.15, 0.2) is 29.8 Å². The third-order valence-electron chi connectivity index (χ3n) is 3.01. The van der Waals surface area contributed by atoms with Crippen LogP contribution in [0.5, 0.6) is 0 Å². The van der Waals surface area contributed by atoms with Crippen LogP contribution in [0, 0.1) is 0 Å². The molecule has 20 heavy (non-hydrogen) atoms. The first-order valence-corrected chi connectivity index (χ1v) is 7.96. The van der Waals surface area contributed by atoms with Gasteiger partial charge in [-0.3, -0.25) is 0 Å². The van der Waals surface area contributed by atoms with E-state index in [1.165, 1.54) is 0 Å². The van der Waals surface area contributed by atoms with Gasteiger partial charge in [-0.15, -0.1) is 0 Å². The molecule has 0 aliphatic heterocycles. The largest absolute Gasteiger partial charge is 0.384 e. The summed E-state index contributed by atoms with van der Waals surface area (Å²) in [7, 11) is 0. The van der Waals surface area contributed by atoms with Crippen LogP contribution in [-0.2, 0) is 0 Å². The van der Waals surface area contributed by atoms with Crippen LogP contribution >= 0.6 is 81.2 Å². The number of fused-ring (bicyclic) bond motifs is 1. The molecular formula is C12H7Cl7O. The predicted molar refractivity (Wildman–Crippen MR) is 88.5 cm³/mol. The van der Waals surface area contributed by atoms with Crippen molar-refractivity contribution in [2.45, 2.75) is 18.6 Å². The van der Waals surface area contributed by atoms with E-state index >= 15 is 0 Å². The Morgan fingerprint density at radius 2 is 1.45 bits per heavy atom. The Bertz CT molecular complexity index is 559. The average molecular weight is 415 g/mol. The van der Waals surface area contributed by atoms with Crippen molar-refractivity contribution in [3.8, 4) is 0 Å². The highest BCUT2D eigenvalue weighted by Crippen LogP contribution is 2.61. The van der Waals surface area contributed by atoms with Crippen molar-refractivity contribution in [2.24, 2.45) is 0 Å². The molecule has 0 fully saturated rings. The maximum absolute atomic E-state index is 10.3. The summed E-state index contributed by atoms with van der Waals surface area (Å²) in [6.07, 6.45) is 0.501. The van der Waals surface area contributed by atoms with E-state index in [1.54, 1.807) is 30.3 Å². The highest BCUT2D eigenvalue weighted by molar-refractivity contribution is 6.79. The van der Waals surface area contributed by atoms with Crippen molar-refractivity contribution in [1.29, 1.82) is 0 Å². The van der Waals surface area contributed by atoms with Crippen molar-refractivity contribution in [1.82, 2.24) is 0 Å². The van der Waals surface area contributed by atoms with Gasteiger partial charge < -0.3 is 5.11 Å². The summed E-state index contributed by atoms with van der Waals surface area (Å²) >= 11 is 41.7. The normalized spacial score (nSPS) is 19.8. The molecule has 1 aromatic rings. The second kappa shape index (κ2) is 5.54. The minimum atomic E-state index is -2.16. The summed E-state index contributed by atoms with van der Waals surface area (Å²) in [5.74, 6) is 0. The average Bonchev–Trinajstić information content (AvgIpc) is 2.66. The zero-order valence-electron chi connectivity index (χ0n) is 9.56. The fraction of sp³-hybridized carbons (Fsp3) is 0.333. The van der Waals surface area contributed by atoms with Gasteiger partial charge in [-0.2, -0.15) is 0 Å². The third kappa shape index (κ3) is 2.66. The summed E-state index contributed by atoms with van der Waals surface area (Å²) in [6, 6.07) is 7.09. The number of halogens is 7. The second-order valence-corrected chi connectivity index (χ2v) is 9.21. The van der Waals surface area contributed by atoms with Crippen LogP contribution in [-0.4, -0.2) is 17.6 Å². The molecule has 0 spiro atoms. The molecule has 1 aliphatic rings. The zero-order chi connectivity index (χ0) is 15.3. The topological polar surface area (TPSA) is 20.2 Å². The number of rotatable bonds is 2. The maximum Gasteiger partial charge on any atom is 0.226 e. The number of hydrogen-bond acceptors (Lipinski definition) is 1. The molecule has 8 heteroatoms. The van der Waals surface area contributed by atoms with Crippen LogP contribution < -0.4 is 0 Å².